The van der Waals surface area contributed by atoms with Gasteiger partial charge in [-0.05, 0) is 49.0 Å². The Balaban J connectivity index is 1.69. The number of aryl methyl sites for hydroxylation is 1. The van der Waals surface area contributed by atoms with E-state index in [1.807, 2.05) is 0 Å². The molecule has 3 aromatic rings. The van der Waals surface area contributed by atoms with Crippen molar-refractivity contribution in [2.75, 3.05) is 0 Å². The normalized spacial score (nSPS) is 13.1. The molecule has 1 unspecified atom stereocenters. The van der Waals surface area contributed by atoms with Crippen LogP contribution in [0.3, 0.4) is 0 Å². The van der Waals surface area contributed by atoms with Crippen LogP contribution in [0.15, 0.2) is 65.2 Å². The van der Waals surface area contributed by atoms with Gasteiger partial charge in [0, 0.05) is 6.07 Å². The Bertz CT molecular complexity index is 1090. The molecule has 0 aliphatic heterocycles. The SMILES string of the molecule is CC(C)(C)[Si](C)(C)OC(CCCCCCc1ccccc1)c1ncc(-c2ccccc2[N+](=O)[O-])o1. The number of rotatable bonds is 12. The van der Waals surface area contributed by atoms with Crippen LogP contribution >= 0.6 is 0 Å². The summed E-state index contributed by atoms with van der Waals surface area (Å²) in [6.07, 6.45) is 7.69. The van der Waals surface area contributed by atoms with Gasteiger partial charge in [-0.1, -0.05) is 82.5 Å². The summed E-state index contributed by atoms with van der Waals surface area (Å²) in [6, 6.07) is 17.2. The molecule has 35 heavy (non-hydrogen) atoms. The summed E-state index contributed by atoms with van der Waals surface area (Å²) >= 11 is 0. The third-order valence-corrected chi connectivity index (χ3v) is 11.4. The molecular formula is C28H38N2O4Si. The lowest BCUT2D eigenvalue weighted by Gasteiger charge is -2.38. The van der Waals surface area contributed by atoms with Crippen molar-refractivity contribution >= 4 is 14.0 Å². The molecule has 0 saturated heterocycles. The molecule has 1 atom stereocenters. The topological polar surface area (TPSA) is 78.4 Å². The molecule has 0 aliphatic carbocycles. The van der Waals surface area contributed by atoms with E-state index in [0.29, 0.717) is 17.2 Å². The fraction of sp³-hybridized carbons (Fsp3) is 0.464. The van der Waals surface area contributed by atoms with Gasteiger partial charge in [0.25, 0.3) is 5.69 Å². The Morgan fingerprint density at radius 1 is 1.00 bits per heavy atom. The van der Waals surface area contributed by atoms with Crippen LogP contribution < -0.4 is 0 Å². The van der Waals surface area contributed by atoms with Crippen molar-refractivity contribution in [3.8, 4) is 11.3 Å². The summed E-state index contributed by atoms with van der Waals surface area (Å²) in [6.45, 7) is 11.1. The van der Waals surface area contributed by atoms with Gasteiger partial charge in [0.05, 0.1) is 16.7 Å². The summed E-state index contributed by atoms with van der Waals surface area (Å²) in [5.41, 5.74) is 1.83. The van der Waals surface area contributed by atoms with Crippen molar-refractivity contribution in [3.63, 3.8) is 0 Å². The van der Waals surface area contributed by atoms with Gasteiger partial charge in [-0.15, -0.1) is 0 Å². The number of oxazole rings is 1. The largest absolute Gasteiger partial charge is 0.438 e. The van der Waals surface area contributed by atoms with Gasteiger partial charge in [-0.3, -0.25) is 10.1 Å². The molecule has 1 aromatic heterocycles. The molecule has 0 spiro atoms. The fourth-order valence-electron chi connectivity index (χ4n) is 3.82. The first-order chi connectivity index (χ1) is 16.6. The smallest absolute Gasteiger partial charge is 0.280 e. The van der Waals surface area contributed by atoms with Crippen LogP contribution in [-0.2, 0) is 10.8 Å². The second kappa shape index (κ2) is 11.8. The number of benzene rings is 2. The number of hydrogen-bond donors (Lipinski definition) is 0. The summed E-state index contributed by atoms with van der Waals surface area (Å²) in [5, 5.41) is 11.5. The first-order valence-electron chi connectivity index (χ1n) is 12.5. The van der Waals surface area contributed by atoms with Gasteiger partial charge < -0.3 is 8.84 Å². The van der Waals surface area contributed by atoms with Crippen LogP contribution in [0, 0.1) is 10.1 Å². The number of para-hydroxylation sites is 1. The Hall–Kier alpha value is -2.77. The van der Waals surface area contributed by atoms with Crippen molar-refractivity contribution in [3.05, 3.63) is 82.4 Å². The molecular weight excluding hydrogens is 456 g/mol. The van der Waals surface area contributed by atoms with E-state index in [1.165, 1.54) is 18.1 Å². The number of unbranched alkanes of at least 4 members (excludes halogenated alkanes) is 3. The summed E-state index contributed by atoms with van der Waals surface area (Å²) in [5.74, 6) is 0.909. The molecule has 3 rings (SSSR count). The number of hydrogen-bond acceptors (Lipinski definition) is 5. The monoisotopic (exact) mass is 494 g/mol. The van der Waals surface area contributed by atoms with Crippen LogP contribution in [0.1, 0.15) is 70.4 Å². The maximum atomic E-state index is 11.5. The second-order valence-electron chi connectivity index (χ2n) is 10.6. The molecule has 0 saturated carbocycles. The first kappa shape index (κ1) is 26.8. The third-order valence-electron chi connectivity index (χ3n) is 6.93. The number of nitrogens with zero attached hydrogens (tertiary/aromatic N) is 2. The van der Waals surface area contributed by atoms with E-state index in [-0.39, 0.29) is 16.8 Å². The number of nitro benzene ring substituents is 1. The molecule has 0 fully saturated rings. The number of aromatic nitrogens is 1. The van der Waals surface area contributed by atoms with Crippen LogP contribution in [0.4, 0.5) is 5.69 Å². The molecule has 0 bridgehead atoms. The van der Waals surface area contributed by atoms with Gasteiger partial charge in [0.15, 0.2) is 14.1 Å². The van der Waals surface area contributed by atoms with Crippen LogP contribution in [0.2, 0.25) is 18.1 Å². The Labute approximate surface area is 210 Å². The van der Waals surface area contributed by atoms with Crippen molar-refractivity contribution < 1.29 is 13.8 Å². The van der Waals surface area contributed by atoms with E-state index in [2.05, 4.69) is 69.2 Å². The standard InChI is InChI=1S/C28H38N2O4Si/c1-28(2,3)35(4,5)34-25(20-12-7-6-9-15-22-16-10-8-11-17-22)27-29-21-26(33-27)23-18-13-14-19-24(23)30(31)32/h8,10-11,13-14,16-19,21,25H,6-7,9,12,15,20H2,1-5H3. The average Bonchev–Trinajstić information content (AvgIpc) is 3.30. The highest BCUT2D eigenvalue weighted by Gasteiger charge is 2.40. The van der Waals surface area contributed by atoms with E-state index in [1.54, 1.807) is 24.4 Å². The van der Waals surface area contributed by atoms with Crippen LogP contribution in [0.25, 0.3) is 11.3 Å². The predicted molar refractivity (Wildman–Crippen MR) is 143 cm³/mol. The Morgan fingerprint density at radius 2 is 1.66 bits per heavy atom. The van der Waals surface area contributed by atoms with E-state index >= 15 is 0 Å². The van der Waals surface area contributed by atoms with E-state index < -0.39 is 13.2 Å². The van der Waals surface area contributed by atoms with Crippen molar-refractivity contribution in [2.24, 2.45) is 0 Å². The highest BCUT2D eigenvalue weighted by atomic mass is 28.4. The minimum Gasteiger partial charge on any atom is -0.438 e. The van der Waals surface area contributed by atoms with Crippen LogP contribution in [-0.4, -0.2) is 18.2 Å². The fourth-order valence-corrected chi connectivity index (χ4v) is 5.11. The van der Waals surface area contributed by atoms with Gasteiger partial charge in [0.2, 0.25) is 5.89 Å². The highest BCUT2D eigenvalue weighted by Crippen LogP contribution is 2.41. The van der Waals surface area contributed by atoms with Crippen molar-refractivity contribution in [2.45, 2.75) is 83.5 Å². The molecule has 6 nitrogen and oxygen atoms in total. The summed E-state index contributed by atoms with van der Waals surface area (Å²) in [4.78, 5) is 15.6. The highest BCUT2D eigenvalue weighted by molar-refractivity contribution is 6.74. The Kier molecular flexibility index (Phi) is 9.02. The van der Waals surface area contributed by atoms with Crippen molar-refractivity contribution in [1.82, 2.24) is 4.98 Å². The minimum absolute atomic E-state index is 0.00970. The molecule has 188 valence electrons. The summed E-state index contributed by atoms with van der Waals surface area (Å²) in [7, 11) is -2.08. The molecule has 2 aromatic carbocycles. The molecule has 0 N–H and O–H groups in total. The van der Waals surface area contributed by atoms with E-state index in [4.69, 9.17) is 8.84 Å². The second-order valence-corrected chi connectivity index (χ2v) is 15.4. The van der Waals surface area contributed by atoms with E-state index in [9.17, 15) is 10.1 Å². The summed E-state index contributed by atoms with van der Waals surface area (Å²) < 4.78 is 12.8. The molecule has 1 heterocycles. The molecule has 0 amide bonds. The lowest BCUT2D eigenvalue weighted by atomic mass is 10.0. The van der Waals surface area contributed by atoms with Gasteiger partial charge >= 0.3 is 0 Å². The molecule has 7 heteroatoms. The zero-order valence-electron chi connectivity index (χ0n) is 21.6. The molecule has 0 radical (unpaired) electrons. The maximum Gasteiger partial charge on any atom is 0.280 e. The lowest BCUT2D eigenvalue weighted by Crippen LogP contribution is -2.41. The van der Waals surface area contributed by atoms with Gasteiger partial charge in [-0.25, -0.2) is 4.98 Å². The zero-order valence-corrected chi connectivity index (χ0v) is 22.6. The van der Waals surface area contributed by atoms with E-state index in [0.717, 1.165) is 32.1 Å². The zero-order chi connectivity index (χ0) is 25.5. The Morgan fingerprint density at radius 3 is 2.34 bits per heavy atom. The maximum absolute atomic E-state index is 11.5. The predicted octanol–water partition coefficient (Wildman–Crippen LogP) is 8.51. The third kappa shape index (κ3) is 7.35. The van der Waals surface area contributed by atoms with Gasteiger partial charge in [0.1, 0.15) is 6.10 Å². The lowest BCUT2D eigenvalue weighted by molar-refractivity contribution is -0.384. The molecule has 0 aliphatic rings. The first-order valence-corrected chi connectivity index (χ1v) is 15.4. The van der Waals surface area contributed by atoms with Gasteiger partial charge in [-0.2, -0.15) is 0 Å². The average molecular weight is 495 g/mol. The quantitative estimate of drug-likeness (QED) is 0.109. The number of nitro groups is 1. The minimum atomic E-state index is -2.08. The van der Waals surface area contributed by atoms with Crippen molar-refractivity contribution in [1.29, 1.82) is 0 Å². The van der Waals surface area contributed by atoms with Crippen LogP contribution in [0.5, 0.6) is 0 Å².